The van der Waals surface area contributed by atoms with Crippen LogP contribution in [0, 0.1) is 5.92 Å². The van der Waals surface area contributed by atoms with Gasteiger partial charge >= 0.3 is 18.1 Å². The van der Waals surface area contributed by atoms with Crippen LogP contribution in [0.4, 0.5) is 13.2 Å². The summed E-state index contributed by atoms with van der Waals surface area (Å²) in [6.45, 7) is 38.8. The molecule has 0 unspecified atom stereocenters. The number of esters is 2. The first-order valence-electron chi connectivity index (χ1n) is 26.3. The maximum absolute atomic E-state index is 13.5. The standard InChI is InChI=1S/C17H22BrF3N2O3S.C11H15BrN2OS.C7H6BrNO.C6H10O2.C4H11NOS.4C3H8O.CH4.ClH.Ti/c1-5-26-15(24)10-11(17(19,20)21)9-13(23-27(25)16(2,3)4)12-7-6-8-14(18)22-12;1-8(14-16(15)11(2,3)4)9-6-5-7-10(12)13-9;1-5(10)6-3-2-4-7(8)9-6;1-3-5-6(7)8-4-2;1-4(2,3)7(5)6;4*1-3(2)4;;;/h6-8,11H,5,9-10H2,1-4H3;5-7H,1-4H3;2-4H,1H3;3,5H,4H2,1-2H3;5H2,1-3H3;4*3-4H,1-2H3;1H4;1H;/b;;;5-3+;;;;;;;;/t11-,27+;16-;;;7-;;;;;;;/m01..1......./s1. The van der Waals surface area contributed by atoms with Gasteiger partial charge in [-0.15, -0.1) is 12.4 Å². The maximum Gasteiger partial charge on any atom is 0.392 e. The van der Waals surface area contributed by atoms with Gasteiger partial charge in [0.1, 0.15) is 41.5 Å². The number of carbonyl (C=O) groups is 3. The predicted molar refractivity (Wildman–Crippen MR) is 363 cm³/mol. The molecule has 87 heavy (non-hydrogen) atoms. The molecule has 0 spiro atoms. The normalized spacial score (nSPS) is 12.5. The van der Waals surface area contributed by atoms with Gasteiger partial charge in [0.15, 0.2) is 5.78 Å². The van der Waals surface area contributed by atoms with Gasteiger partial charge < -0.3 is 29.9 Å². The Kier molecular flexibility index (Phi) is 67.1. The van der Waals surface area contributed by atoms with E-state index in [1.807, 2.05) is 66.7 Å². The number of ketones is 1. The smallest absolute Gasteiger partial charge is 0.392 e. The van der Waals surface area contributed by atoms with E-state index in [4.69, 9.17) is 25.6 Å². The summed E-state index contributed by atoms with van der Waals surface area (Å²) in [4.78, 5) is 45.0. The molecule has 0 saturated carbocycles. The van der Waals surface area contributed by atoms with Gasteiger partial charge in [-0.3, -0.25) is 14.7 Å². The Morgan fingerprint density at radius 1 is 0.609 bits per heavy atom. The van der Waals surface area contributed by atoms with Crippen molar-refractivity contribution in [2.24, 2.45) is 19.9 Å². The number of ether oxygens (including phenoxy) is 2. The van der Waals surface area contributed by atoms with Crippen LogP contribution in [0.25, 0.3) is 0 Å². The summed E-state index contributed by atoms with van der Waals surface area (Å²) < 4.78 is 92.9. The Labute approximate surface area is 572 Å². The van der Waals surface area contributed by atoms with E-state index >= 15 is 0 Å². The van der Waals surface area contributed by atoms with Crippen LogP contribution in [-0.2, 0) is 73.7 Å². The Morgan fingerprint density at radius 2 is 0.920 bits per heavy atom. The number of nitrogens with two attached hydrogens (primary N) is 1. The zero-order valence-corrected chi connectivity index (χ0v) is 63.4. The largest absolute Gasteiger partial charge is 0.466 e. The average molecular weight is 1550 g/mol. The molecule has 3 rings (SSSR count). The summed E-state index contributed by atoms with van der Waals surface area (Å²) in [7, 11) is -4.21. The number of alkyl halides is 3. The SMILES string of the molecule is C.C/C=C/C(=O)OCC.CC(=N[S@](=O)C(C)(C)C)c1cccc(Br)n1.CC(=O)c1cccc(Br)n1.CC(C)(C)[S@](N)=O.CC(C)O.CC(C)O.CC(C)O.CC(C)O.CCOC(=O)C[C@H](CC(=N[S@](=O)C(C)(C)C)c1cccc(Br)n1)C(F)(F)F.Cl.[Ti]. The van der Waals surface area contributed by atoms with Crippen molar-refractivity contribution in [3.63, 3.8) is 0 Å². The van der Waals surface area contributed by atoms with Crippen LogP contribution in [-0.4, -0.2) is 135 Å². The molecule has 29 heteroatoms. The molecule has 3 heterocycles. The number of aromatic nitrogens is 3. The first-order valence-corrected chi connectivity index (χ1v) is 32.1. The topological polar surface area (TPSA) is 291 Å². The van der Waals surface area contributed by atoms with Crippen molar-refractivity contribution >= 4 is 122 Å². The van der Waals surface area contributed by atoms with Crippen molar-refractivity contribution in [2.75, 3.05) is 13.2 Å². The van der Waals surface area contributed by atoms with Crippen LogP contribution < -0.4 is 5.14 Å². The zero-order valence-electron chi connectivity index (χ0n) is 53.8. The monoisotopic (exact) mass is 1550 g/mol. The second-order valence-electron chi connectivity index (χ2n) is 21.0. The fourth-order valence-corrected chi connectivity index (χ4v) is 6.09. The molecule has 0 aliphatic rings. The van der Waals surface area contributed by atoms with Crippen molar-refractivity contribution in [3.8, 4) is 0 Å². The van der Waals surface area contributed by atoms with E-state index in [0.717, 1.165) is 10.3 Å². The number of aliphatic hydroxyl groups is 4. The second kappa shape index (κ2) is 56.4. The first-order chi connectivity index (χ1) is 38.0. The Morgan fingerprint density at radius 3 is 1.20 bits per heavy atom. The van der Waals surface area contributed by atoms with E-state index in [1.54, 1.807) is 126 Å². The number of rotatable bonds is 12. The number of carbonyl (C=O) groups excluding carboxylic acids is 3. The van der Waals surface area contributed by atoms with Crippen LogP contribution in [0.2, 0.25) is 0 Å². The molecule has 18 nitrogen and oxygen atoms in total. The van der Waals surface area contributed by atoms with Gasteiger partial charge in [-0.2, -0.15) is 22.0 Å². The number of halogens is 7. The van der Waals surface area contributed by atoms with Crippen molar-refractivity contribution < 1.29 is 91.8 Å². The third-order valence-electron chi connectivity index (χ3n) is 7.45. The molecule has 0 radical (unpaired) electrons. The van der Waals surface area contributed by atoms with Gasteiger partial charge in [0.05, 0.1) is 73.6 Å². The molecule has 3 aromatic heterocycles. The summed E-state index contributed by atoms with van der Waals surface area (Å²) >= 11 is 9.63. The second-order valence-corrected chi connectivity index (χ2v) is 29.1. The Bertz CT molecular complexity index is 2450. The van der Waals surface area contributed by atoms with Crippen molar-refractivity contribution in [2.45, 2.75) is 217 Å². The van der Waals surface area contributed by atoms with Crippen LogP contribution in [0.15, 0.2) is 89.4 Å². The minimum Gasteiger partial charge on any atom is -0.466 e. The van der Waals surface area contributed by atoms with Gasteiger partial charge in [-0.25, -0.2) is 32.4 Å². The fraction of sp³-hybridized carbons (Fsp3) is 0.621. The Balaban J connectivity index is -0.000000124. The van der Waals surface area contributed by atoms with E-state index < -0.39 is 68.6 Å². The van der Waals surface area contributed by atoms with Crippen LogP contribution >= 0.6 is 60.2 Å². The quantitative estimate of drug-likeness (QED) is 0.0281. The van der Waals surface area contributed by atoms with Gasteiger partial charge in [-0.1, -0.05) is 31.7 Å². The molecule has 0 aromatic carbocycles. The maximum atomic E-state index is 13.5. The van der Waals surface area contributed by atoms with Crippen LogP contribution in [0.5, 0.6) is 0 Å². The molecule has 0 saturated heterocycles. The summed E-state index contributed by atoms with van der Waals surface area (Å²) in [5.41, 5.74) is 2.02. The number of nitrogens with zero attached hydrogens (tertiary/aromatic N) is 5. The molecule has 0 aliphatic heterocycles. The molecule has 6 N–H and O–H groups in total. The van der Waals surface area contributed by atoms with E-state index in [1.165, 1.54) is 26.0 Å². The number of pyridine rings is 3. The molecule has 3 aromatic rings. The van der Waals surface area contributed by atoms with E-state index in [-0.39, 0.29) is 105 Å². The first kappa shape index (κ1) is 103. The summed E-state index contributed by atoms with van der Waals surface area (Å²) in [6.07, 6.45) is -3.75. The van der Waals surface area contributed by atoms with Gasteiger partial charge in [0.2, 0.25) is 0 Å². The van der Waals surface area contributed by atoms with E-state index in [2.05, 4.69) is 81.0 Å². The minimum atomic E-state index is -4.65. The summed E-state index contributed by atoms with van der Waals surface area (Å²) in [5.74, 6) is -3.25. The number of hydrogen-bond acceptors (Lipinski definition) is 15. The molecule has 0 fully saturated rings. The predicted octanol–water partition coefficient (Wildman–Crippen LogP) is 13.9. The molecular weight excluding hydrogens is 1450 g/mol. The number of Topliss-reactive ketones (excluding diaryl/α,β-unsaturated/α-hetero) is 1. The van der Waals surface area contributed by atoms with E-state index in [9.17, 15) is 40.2 Å². The third-order valence-corrected chi connectivity index (χ3v) is 12.9. The molecule has 506 valence electrons. The zero-order chi connectivity index (χ0) is 67.5. The van der Waals surface area contributed by atoms with Gasteiger partial charge in [-0.05, 0) is 230 Å². The van der Waals surface area contributed by atoms with Crippen LogP contribution in [0.1, 0.15) is 194 Å². The molecule has 0 bridgehead atoms. The van der Waals surface area contributed by atoms with Crippen LogP contribution in [0.3, 0.4) is 0 Å². The van der Waals surface area contributed by atoms with Crippen molar-refractivity contribution in [1.82, 2.24) is 15.0 Å². The number of allylic oxidation sites excluding steroid dienone is 1. The van der Waals surface area contributed by atoms with Crippen molar-refractivity contribution in [3.05, 3.63) is 97.6 Å². The minimum absolute atomic E-state index is 0. The number of hydrogen-bond donors (Lipinski definition) is 5. The van der Waals surface area contributed by atoms with Gasteiger partial charge in [0, 0.05) is 65.6 Å². The average Bonchev–Trinajstić information content (AvgIpc) is 3.30. The molecule has 0 aliphatic carbocycles. The summed E-state index contributed by atoms with van der Waals surface area (Å²) in [6, 6.07) is 15.5. The van der Waals surface area contributed by atoms with Gasteiger partial charge in [0.25, 0.3) is 0 Å². The molecular formula is C58H101Br3ClF3N6O12S3Ti. The van der Waals surface area contributed by atoms with Crippen molar-refractivity contribution in [1.29, 1.82) is 0 Å². The van der Waals surface area contributed by atoms with E-state index in [0.29, 0.717) is 27.2 Å². The molecule has 0 amide bonds. The summed E-state index contributed by atoms with van der Waals surface area (Å²) in [5, 5.41) is 37.3. The fourth-order valence-electron chi connectivity index (χ4n) is 3.80. The molecule has 4 atom stereocenters. The third kappa shape index (κ3) is 70.9. The Hall–Kier alpha value is -2.38. The number of aliphatic hydroxyl groups excluding tert-OH is 4.